The first-order chi connectivity index (χ1) is 8.74. The molecule has 102 valence electrons. The Kier molecular flexibility index (Phi) is 3.13. The summed E-state index contributed by atoms with van der Waals surface area (Å²) in [6.45, 7) is 9.88. The van der Waals surface area contributed by atoms with Gasteiger partial charge in [-0.25, -0.2) is 9.97 Å². The van der Waals surface area contributed by atoms with E-state index in [1.807, 2.05) is 40.7 Å². The lowest BCUT2D eigenvalue weighted by atomic mass is 10.1. The molecule has 0 fully saturated rings. The predicted molar refractivity (Wildman–Crippen MR) is 74.2 cm³/mol. The Morgan fingerprint density at radius 1 is 1.11 bits per heavy atom. The number of aryl methyl sites for hydroxylation is 2. The molecule has 0 amide bonds. The summed E-state index contributed by atoms with van der Waals surface area (Å²) in [5.74, 6) is 1.16. The number of hydrogen-bond donors (Lipinski definition) is 2. The molecule has 2 aromatic rings. The Balaban J connectivity index is 2.40. The van der Waals surface area contributed by atoms with Crippen LogP contribution >= 0.6 is 0 Å². The molecule has 2 heterocycles. The van der Waals surface area contributed by atoms with Gasteiger partial charge in [0.2, 0.25) is 11.9 Å². The maximum absolute atomic E-state index is 5.86. The molecule has 0 bridgehead atoms. The predicted octanol–water partition coefficient (Wildman–Crippen LogP) is 1.47. The van der Waals surface area contributed by atoms with Gasteiger partial charge in [0.1, 0.15) is 0 Å². The van der Waals surface area contributed by atoms with Crippen molar-refractivity contribution in [3.8, 4) is 5.95 Å². The summed E-state index contributed by atoms with van der Waals surface area (Å²) in [6.07, 6.45) is 0. The molecule has 7 nitrogen and oxygen atoms in total. The summed E-state index contributed by atoms with van der Waals surface area (Å²) in [7, 11) is 0. The molecule has 0 unspecified atom stereocenters. The van der Waals surface area contributed by atoms with E-state index in [-0.39, 0.29) is 11.5 Å². The summed E-state index contributed by atoms with van der Waals surface area (Å²) in [4.78, 5) is 12.8. The van der Waals surface area contributed by atoms with Crippen molar-refractivity contribution in [3.05, 3.63) is 17.5 Å². The normalized spacial score (nSPS) is 11.6. The largest absolute Gasteiger partial charge is 0.368 e. The molecule has 0 spiro atoms. The quantitative estimate of drug-likeness (QED) is 0.850. The van der Waals surface area contributed by atoms with Gasteiger partial charge in [0.25, 0.3) is 5.95 Å². The number of nitrogen functional groups attached to an aromatic ring is 1. The molecule has 3 N–H and O–H groups in total. The van der Waals surface area contributed by atoms with E-state index in [4.69, 9.17) is 5.73 Å². The maximum atomic E-state index is 5.86. The minimum Gasteiger partial charge on any atom is -0.368 e. The first-order valence-electron chi connectivity index (χ1n) is 6.08. The van der Waals surface area contributed by atoms with Gasteiger partial charge in [0.15, 0.2) is 0 Å². The molecule has 19 heavy (non-hydrogen) atoms. The van der Waals surface area contributed by atoms with Crippen LogP contribution in [0, 0.1) is 13.8 Å². The van der Waals surface area contributed by atoms with Crippen LogP contribution in [0.5, 0.6) is 0 Å². The lowest BCUT2D eigenvalue weighted by Crippen LogP contribution is -2.26. The lowest BCUT2D eigenvalue weighted by molar-refractivity contribution is 0.624. The molecule has 0 radical (unpaired) electrons. The fraction of sp³-hybridized carbons (Fsp3) is 0.500. The van der Waals surface area contributed by atoms with Gasteiger partial charge in [-0.05, 0) is 40.7 Å². The zero-order valence-corrected chi connectivity index (χ0v) is 11.9. The van der Waals surface area contributed by atoms with Crippen LogP contribution in [0.1, 0.15) is 32.2 Å². The highest BCUT2D eigenvalue weighted by Gasteiger charge is 2.16. The third kappa shape index (κ3) is 3.18. The topological polar surface area (TPSA) is 94.5 Å². The summed E-state index contributed by atoms with van der Waals surface area (Å²) in [5, 5.41) is 7.45. The van der Waals surface area contributed by atoms with E-state index in [0.717, 1.165) is 11.4 Å². The highest BCUT2D eigenvalue weighted by molar-refractivity contribution is 5.37. The molecule has 0 aliphatic heterocycles. The maximum Gasteiger partial charge on any atom is 0.254 e. The van der Waals surface area contributed by atoms with Crippen LogP contribution in [0.3, 0.4) is 0 Å². The average Bonchev–Trinajstić information content (AvgIpc) is 2.54. The van der Waals surface area contributed by atoms with Gasteiger partial charge in [-0.3, -0.25) is 0 Å². The number of nitrogens with one attached hydrogen (secondary N) is 1. The zero-order chi connectivity index (χ0) is 14.2. The molecule has 0 aromatic carbocycles. The second-order valence-corrected chi connectivity index (χ2v) is 5.53. The summed E-state index contributed by atoms with van der Waals surface area (Å²) in [5.41, 5.74) is 7.45. The molecule has 0 saturated heterocycles. The van der Waals surface area contributed by atoms with Crippen molar-refractivity contribution in [2.45, 2.75) is 40.2 Å². The van der Waals surface area contributed by atoms with E-state index in [0.29, 0.717) is 11.9 Å². The Hall–Kier alpha value is -2.18. The third-order valence-corrected chi connectivity index (χ3v) is 2.28. The molecule has 0 atom stereocenters. The van der Waals surface area contributed by atoms with E-state index in [1.165, 1.54) is 4.68 Å². The Morgan fingerprint density at radius 3 is 2.21 bits per heavy atom. The minimum atomic E-state index is -0.137. The van der Waals surface area contributed by atoms with Crippen LogP contribution < -0.4 is 11.1 Å². The highest BCUT2D eigenvalue weighted by Crippen LogP contribution is 2.14. The van der Waals surface area contributed by atoms with Crippen molar-refractivity contribution in [3.63, 3.8) is 0 Å². The second kappa shape index (κ2) is 4.49. The second-order valence-electron chi connectivity index (χ2n) is 5.53. The van der Waals surface area contributed by atoms with Crippen LogP contribution in [0.15, 0.2) is 6.07 Å². The average molecular weight is 261 g/mol. The van der Waals surface area contributed by atoms with E-state index >= 15 is 0 Å². The van der Waals surface area contributed by atoms with Gasteiger partial charge in [-0.1, -0.05) is 0 Å². The third-order valence-electron chi connectivity index (χ3n) is 2.28. The fourth-order valence-corrected chi connectivity index (χ4v) is 1.66. The van der Waals surface area contributed by atoms with Gasteiger partial charge < -0.3 is 11.1 Å². The molecule has 0 saturated carbocycles. The number of nitrogens with zero attached hydrogens (tertiary/aromatic N) is 5. The standard InChI is InChI=1S/C12H19N7/c1-7-6-8(2)15-11(14-7)19-9(13)16-10(18-19)17-12(3,4)5/h6H,1-5H3,(H3,13,16,17,18). The molecule has 7 heteroatoms. The van der Waals surface area contributed by atoms with Crippen LogP contribution in [-0.4, -0.2) is 30.3 Å². The lowest BCUT2D eigenvalue weighted by Gasteiger charge is -2.18. The number of aromatic nitrogens is 5. The molecular formula is C12H19N7. The van der Waals surface area contributed by atoms with Crippen molar-refractivity contribution < 1.29 is 0 Å². The van der Waals surface area contributed by atoms with Crippen molar-refractivity contribution in [1.82, 2.24) is 24.7 Å². The van der Waals surface area contributed by atoms with Crippen molar-refractivity contribution in [2.24, 2.45) is 0 Å². The summed E-state index contributed by atoms with van der Waals surface area (Å²) < 4.78 is 1.44. The smallest absolute Gasteiger partial charge is 0.254 e. The first-order valence-corrected chi connectivity index (χ1v) is 6.08. The zero-order valence-electron chi connectivity index (χ0n) is 11.9. The van der Waals surface area contributed by atoms with Crippen molar-refractivity contribution >= 4 is 11.9 Å². The van der Waals surface area contributed by atoms with E-state index in [9.17, 15) is 0 Å². The highest BCUT2D eigenvalue weighted by atomic mass is 15.5. The number of anilines is 2. The van der Waals surface area contributed by atoms with Crippen molar-refractivity contribution in [2.75, 3.05) is 11.1 Å². The minimum absolute atomic E-state index is 0.137. The van der Waals surface area contributed by atoms with E-state index in [2.05, 4.69) is 25.4 Å². The Bertz CT molecular complexity index is 574. The fourth-order valence-electron chi connectivity index (χ4n) is 1.66. The van der Waals surface area contributed by atoms with Gasteiger partial charge in [-0.15, -0.1) is 5.10 Å². The molecular weight excluding hydrogens is 242 g/mol. The number of rotatable bonds is 2. The molecule has 0 aliphatic rings. The van der Waals surface area contributed by atoms with Crippen LogP contribution in [-0.2, 0) is 0 Å². The summed E-state index contributed by atoms with van der Waals surface area (Å²) in [6, 6.07) is 1.89. The van der Waals surface area contributed by atoms with Gasteiger partial charge in [-0.2, -0.15) is 9.67 Å². The van der Waals surface area contributed by atoms with Gasteiger partial charge >= 0.3 is 0 Å². The molecule has 0 aliphatic carbocycles. The Labute approximate surface area is 112 Å². The van der Waals surface area contributed by atoms with E-state index in [1.54, 1.807) is 0 Å². The molecule has 2 aromatic heterocycles. The molecule has 2 rings (SSSR count). The summed E-state index contributed by atoms with van der Waals surface area (Å²) >= 11 is 0. The monoisotopic (exact) mass is 261 g/mol. The van der Waals surface area contributed by atoms with Crippen LogP contribution in [0.4, 0.5) is 11.9 Å². The van der Waals surface area contributed by atoms with Crippen LogP contribution in [0.2, 0.25) is 0 Å². The van der Waals surface area contributed by atoms with Gasteiger partial charge in [0, 0.05) is 16.9 Å². The van der Waals surface area contributed by atoms with Crippen LogP contribution in [0.25, 0.3) is 5.95 Å². The van der Waals surface area contributed by atoms with Crippen molar-refractivity contribution in [1.29, 1.82) is 0 Å². The van der Waals surface area contributed by atoms with Gasteiger partial charge in [0.05, 0.1) is 0 Å². The first kappa shape index (κ1) is 13.3. The SMILES string of the molecule is Cc1cc(C)nc(-n2nc(NC(C)(C)C)nc2N)n1. The number of hydrogen-bond acceptors (Lipinski definition) is 6. The Morgan fingerprint density at radius 2 is 1.68 bits per heavy atom. The number of nitrogens with two attached hydrogens (primary N) is 1. The van der Waals surface area contributed by atoms with E-state index < -0.39 is 0 Å².